The second-order valence-corrected chi connectivity index (χ2v) is 10.4. The number of hydrogen-bond donors (Lipinski definition) is 2. The van der Waals surface area contributed by atoms with Crippen LogP contribution < -0.4 is 10.2 Å². The predicted molar refractivity (Wildman–Crippen MR) is 147 cm³/mol. The largest absolute Gasteiger partial charge is 0.478 e. The Kier molecular flexibility index (Phi) is 7.82. The van der Waals surface area contributed by atoms with Crippen LogP contribution in [0.2, 0.25) is 0 Å². The molecule has 40 heavy (non-hydrogen) atoms. The monoisotopic (exact) mass is 562 g/mol. The molecule has 0 aliphatic carbocycles. The van der Waals surface area contributed by atoms with Crippen LogP contribution >= 0.6 is 11.8 Å². The van der Waals surface area contributed by atoms with Crippen LogP contribution in [0, 0.1) is 0 Å². The number of benzene rings is 2. The van der Waals surface area contributed by atoms with Gasteiger partial charge in [0.15, 0.2) is 5.17 Å². The average Bonchev–Trinajstić information content (AvgIpc) is 3.61. The summed E-state index contributed by atoms with van der Waals surface area (Å²) in [7, 11) is 1.76. The highest BCUT2D eigenvalue weighted by atomic mass is 32.2. The number of amidine groups is 1. The number of amides is 3. The number of nitrogens with zero attached hydrogens (tertiary/aromatic N) is 5. The molecule has 2 aromatic carbocycles. The maximum Gasteiger partial charge on any atom is 0.414 e. The first-order valence-electron chi connectivity index (χ1n) is 12.4. The normalized spacial score (nSPS) is 19.8. The third-order valence-corrected chi connectivity index (χ3v) is 7.50. The number of aliphatic imine (C=N–C) groups is 1. The van der Waals surface area contributed by atoms with E-state index in [1.165, 1.54) is 33.7 Å². The van der Waals surface area contributed by atoms with Crippen molar-refractivity contribution in [3.63, 3.8) is 0 Å². The zero-order chi connectivity index (χ0) is 28.2. The third kappa shape index (κ3) is 6.15. The zero-order valence-corrected chi connectivity index (χ0v) is 22.3. The van der Waals surface area contributed by atoms with Crippen LogP contribution in [0.3, 0.4) is 0 Å². The fourth-order valence-electron chi connectivity index (χ4n) is 4.31. The van der Waals surface area contributed by atoms with Gasteiger partial charge in [0.05, 0.1) is 31.0 Å². The minimum absolute atomic E-state index is 0.0835. The molecule has 0 spiro atoms. The highest BCUT2D eigenvalue weighted by molar-refractivity contribution is 8.15. The van der Waals surface area contributed by atoms with E-state index < -0.39 is 23.4 Å². The van der Waals surface area contributed by atoms with Gasteiger partial charge in [-0.2, -0.15) is 5.10 Å². The minimum Gasteiger partial charge on any atom is -0.478 e. The first-order valence-corrected chi connectivity index (χ1v) is 13.3. The molecular weight excluding hydrogens is 536 g/mol. The Morgan fingerprint density at radius 2 is 1.90 bits per heavy atom. The number of ether oxygens (including phenoxy) is 1. The van der Waals surface area contributed by atoms with Gasteiger partial charge < -0.3 is 15.2 Å². The number of carbonyl (C=O) groups excluding carboxylic acids is 3. The number of cyclic esters (lactones) is 1. The van der Waals surface area contributed by atoms with Crippen LogP contribution in [0.4, 0.5) is 16.2 Å². The molecule has 206 valence electrons. The molecular formula is C27H26N6O6S. The zero-order valence-electron chi connectivity index (χ0n) is 21.5. The maximum atomic E-state index is 13.5. The Bertz CT molecular complexity index is 1460. The number of rotatable bonds is 9. The van der Waals surface area contributed by atoms with Crippen molar-refractivity contribution in [1.82, 2.24) is 20.0 Å². The van der Waals surface area contributed by atoms with E-state index in [0.29, 0.717) is 16.5 Å². The lowest BCUT2D eigenvalue weighted by molar-refractivity contribution is -0.130. The molecule has 2 atom stereocenters. The van der Waals surface area contributed by atoms with Crippen LogP contribution in [-0.4, -0.2) is 73.3 Å². The fourth-order valence-corrected chi connectivity index (χ4v) is 5.48. The van der Waals surface area contributed by atoms with Gasteiger partial charge in [0.25, 0.3) is 0 Å². The summed E-state index contributed by atoms with van der Waals surface area (Å²) < 4.78 is 7.16. The van der Waals surface area contributed by atoms with Crippen LogP contribution in [0.1, 0.15) is 22.3 Å². The summed E-state index contributed by atoms with van der Waals surface area (Å²) in [5.74, 6) is -1.66. The highest BCUT2D eigenvalue weighted by Gasteiger charge is 2.43. The van der Waals surface area contributed by atoms with E-state index >= 15 is 0 Å². The highest BCUT2D eigenvalue weighted by Crippen LogP contribution is 2.33. The summed E-state index contributed by atoms with van der Waals surface area (Å²) in [6, 6.07) is 15.3. The van der Waals surface area contributed by atoms with Gasteiger partial charge in [0, 0.05) is 25.7 Å². The van der Waals surface area contributed by atoms with E-state index in [9.17, 15) is 19.2 Å². The number of hydrogen-bond acceptors (Lipinski definition) is 8. The molecule has 3 aromatic rings. The smallest absolute Gasteiger partial charge is 0.414 e. The molecule has 1 aromatic heterocycles. The van der Waals surface area contributed by atoms with E-state index in [2.05, 4.69) is 15.4 Å². The van der Waals surface area contributed by atoms with Crippen molar-refractivity contribution >= 4 is 52.2 Å². The summed E-state index contributed by atoms with van der Waals surface area (Å²) >= 11 is 1.18. The number of carboxylic acid groups (broad SMARTS) is 1. The lowest BCUT2D eigenvalue weighted by atomic mass is 10.1. The van der Waals surface area contributed by atoms with E-state index in [1.54, 1.807) is 36.3 Å². The van der Waals surface area contributed by atoms with Crippen molar-refractivity contribution in [3.05, 3.63) is 78.1 Å². The molecule has 3 amide bonds. The molecule has 12 nitrogen and oxygen atoms in total. The van der Waals surface area contributed by atoms with Crippen molar-refractivity contribution in [2.24, 2.45) is 12.0 Å². The van der Waals surface area contributed by atoms with Gasteiger partial charge in [-0.05, 0) is 29.8 Å². The Hall–Kier alpha value is -4.65. The third-order valence-electron chi connectivity index (χ3n) is 6.33. The maximum absolute atomic E-state index is 13.5. The summed E-state index contributed by atoms with van der Waals surface area (Å²) in [5, 5.41) is 15.6. The molecule has 0 bridgehead atoms. The lowest BCUT2D eigenvalue weighted by Gasteiger charge is -2.19. The average molecular weight is 563 g/mol. The van der Waals surface area contributed by atoms with Crippen molar-refractivity contribution in [2.75, 3.05) is 18.0 Å². The van der Waals surface area contributed by atoms with Crippen molar-refractivity contribution < 1.29 is 29.0 Å². The van der Waals surface area contributed by atoms with Crippen LogP contribution in [0.25, 0.3) is 0 Å². The molecule has 2 unspecified atom stereocenters. The van der Waals surface area contributed by atoms with E-state index in [4.69, 9.17) is 9.84 Å². The van der Waals surface area contributed by atoms with E-state index in [1.807, 2.05) is 30.3 Å². The summed E-state index contributed by atoms with van der Waals surface area (Å²) in [4.78, 5) is 57.3. The van der Waals surface area contributed by atoms with Crippen LogP contribution in [-0.2, 0) is 27.9 Å². The molecule has 0 saturated carbocycles. The number of nitrogens with one attached hydrogen (secondary N) is 1. The minimum atomic E-state index is -1.03. The molecule has 13 heteroatoms. The molecule has 0 radical (unpaired) electrons. The van der Waals surface area contributed by atoms with E-state index in [-0.39, 0.29) is 43.4 Å². The summed E-state index contributed by atoms with van der Waals surface area (Å²) in [6.45, 7) is 0.551. The summed E-state index contributed by atoms with van der Waals surface area (Å²) in [5.41, 5.74) is 2.14. The van der Waals surface area contributed by atoms with E-state index in [0.717, 1.165) is 5.56 Å². The molecule has 2 fully saturated rings. The van der Waals surface area contributed by atoms with Gasteiger partial charge in [0.2, 0.25) is 11.8 Å². The first-order chi connectivity index (χ1) is 19.3. The van der Waals surface area contributed by atoms with Gasteiger partial charge in [-0.15, -0.1) is 0 Å². The number of carboxylic acids is 1. The second kappa shape index (κ2) is 11.6. The Morgan fingerprint density at radius 3 is 2.58 bits per heavy atom. The van der Waals surface area contributed by atoms with Crippen molar-refractivity contribution in [2.45, 2.75) is 24.3 Å². The quantitative estimate of drug-likeness (QED) is 0.405. The number of carbonyl (C=O) groups is 4. The second-order valence-electron chi connectivity index (χ2n) is 9.26. The molecule has 2 aliphatic heterocycles. The fraction of sp³-hybridized carbons (Fsp3) is 0.259. The molecule has 2 aliphatic rings. The van der Waals surface area contributed by atoms with Crippen molar-refractivity contribution in [1.29, 1.82) is 0 Å². The topological polar surface area (TPSA) is 146 Å². The van der Waals surface area contributed by atoms with Gasteiger partial charge >= 0.3 is 12.1 Å². The Morgan fingerprint density at radius 1 is 1.15 bits per heavy atom. The standard InChI is InChI=1S/C27H26N6O6S/c1-31-14-19(13-29-31)30-26-33(16-21-15-32(27(38)39-21)20-5-3-2-4-6-20)24(35)22(40-26)11-23(34)28-12-17-7-9-18(10-8-17)25(36)37/h2-10,13-14,21-22H,11-12,15-16H2,1H3,(H,28,34)(H,36,37). The number of aryl methyl sites for hydroxylation is 1. The first kappa shape index (κ1) is 26.9. The van der Waals surface area contributed by atoms with Gasteiger partial charge in [-0.1, -0.05) is 42.1 Å². The van der Waals surface area contributed by atoms with Gasteiger partial charge in [-0.3, -0.25) is 24.1 Å². The predicted octanol–water partition coefficient (Wildman–Crippen LogP) is 2.78. The SMILES string of the molecule is Cn1cc(N=C2SC(CC(=O)NCc3ccc(C(=O)O)cc3)C(=O)N2CC2CN(c3ccccc3)C(=O)O2)cn1. The molecule has 2 saturated heterocycles. The number of aromatic carboxylic acids is 1. The number of aromatic nitrogens is 2. The number of anilines is 1. The molecule has 5 rings (SSSR count). The molecule has 3 heterocycles. The van der Waals surface area contributed by atoms with Crippen LogP contribution in [0.15, 0.2) is 72.0 Å². The number of thioether (sulfide) groups is 1. The van der Waals surface area contributed by atoms with Crippen molar-refractivity contribution in [3.8, 4) is 0 Å². The summed E-state index contributed by atoms with van der Waals surface area (Å²) in [6.07, 6.45) is 2.11. The Balaban J connectivity index is 1.26. The molecule has 2 N–H and O–H groups in total. The number of para-hydroxylation sites is 1. The van der Waals surface area contributed by atoms with Crippen LogP contribution in [0.5, 0.6) is 0 Å². The lowest BCUT2D eigenvalue weighted by Crippen LogP contribution is -2.40. The van der Waals surface area contributed by atoms with Gasteiger partial charge in [0.1, 0.15) is 17.0 Å². The Labute approximate surface area is 233 Å². The van der Waals surface area contributed by atoms with Gasteiger partial charge in [-0.25, -0.2) is 14.6 Å².